The highest BCUT2D eigenvalue weighted by Crippen LogP contribution is 2.37. The molecule has 6 rings (SSSR count). The van der Waals surface area contributed by atoms with E-state index in [1.54, 1.807) is 132 Å². The summed E-state index contributed by atoms with van der Waals surface area (Å²) in [6, 6.07) is 19.8. The predicted molar refractivity (Wildman–Crippen MR) is 420 cm³/mol. The van der Waals surface area contributed by atoms with Gasteiger partial charge in [0.2, 0.25) is 18.3 Å². The molecule has 6 aromatic carbocycles. The van der Waals surface area contributed by atoms with Crippen LogP contribution in [0.1, 0.15) is 178 Å². The average molecular weight is 1820 g/mol. The molecule has 0 heterocycles. The van der Waals surface area contributed by atoms with Crippen molar-refractivity contribution in [3.8, 4) is 11.5 Å². The first-order valence-electron chi connectivity index (χ1n) is 37.1. The molecule has 0 bridgehead atoms. The predicted octanol–water partition coefficient (Wildman–Crippen LogP) is 12.9. The van der Waals surface area contributed by atoms with E-state index in [0.717, 1.165) is 36.1 Å². The zero-order chi connectivity index (χ0) is 95.2. The zero-order valence-corrected chi connectivity index (χ0v) is 73.2. The molecule has 0 fully saturated rings. The Balaban J connectivity index is 0.000000390. The van der Waals surface area contributed by atoms with Gasteiger partial charge in [0.15, 0.2) is 0 Å². The first-order valence-corrected chi connectivity index (χ1v) is 41.8. The molecule has 29 nitrogen and oxygen atoms in total. The molecule has 41 heteroatoms. The Morgan fingerprint density at radius 2 is 0.484 bits per heavy atom. The number of phenolic OH excluding ortho intramolecular Hbond substituents is 2. The van der Waals surface area contributed by atoms with Crippen molar-refractivity contribution < 1.29 is 174 Å². The number of halogens is 9. The van der Waals surface area contributed by atoms with Gasteiger partial charge in [-0.25, -0.2) is 54.0 Å². The SMILES string of the molecule is CCC(COC(=O)c1c(C)ccc(C)c1C)(COC(=O)c1c(C)ccc(C)c1C)C(=O)OC(CS(=O)(=O)[O-])C(F)(F)F.Cc1ccc(C)c(C(=O)OCC(C)(COC(=O)c2c(C)ccc(C)c2C)C(=O)OC(CS(=O)(=O)[O-])C(F)(F)F)c1C.Cc1ccc(C)c(C(=O)OCC(C)(COC(=O)c2c(C)ccc(C)c2O)C(=O)OC(CS(=O)(=O)[O-])C(F)(F)F)c1O. The van der Waals surface area contributed by atoms with Crippen LogP contribution in [0.25, 0.3) is 0 Å². The Bertz CT molecular complexity index is 4970. The van der Waals surface area contributed by atoms with Crippen LogP contribution in [0.15, 0.2) is 72.8 Å². The van der Waals surface area contributed by atoms with Gasteiger partial charge in [-0.2, -0.15) is 39.5 Å². The number of esters is 9. The number of hydrogen-bond donors (Lipinski definition) is 2. The van der Waals surface area contributed by atoms with Crippen molar-refractivity contribution in [2.75, 3.05) is 56.9 Å². The molecule has 0 aliphatic carbocycles. The number of hydrogen-bond acceptors (Lipinski definition) is 29. The van der Waals surface area contributed by atoms with Crippen LogP contribution < -0.4 is 0 Å². The number of aromatic hydroxyl groups is 2. The van der Waals surface area contributed by atoms with E-state index in [0.29, 0.717) is 55.6 Å². The number of benzene rings is 6. The van der Waals surface area contributed by atoms with Crippen LogP contribution >= 0.6 is 0 Å². The fourth-order valence-electron chi connectivity index (χ4n) is 11.7. The molecule has 0 amide bonds. The number of ether oxygens (including phenoxy) is 9. The van der Waals surface area contributed by atoms with E-state index in [1.807, 2.05) is 0 Å². The Hall–Kier alpha value is -10.8. The quantitative estimate of drug-likeness (QED) is 0.0177. The van der Waals surface area contributed by atoms with Crippen molar-refractivity contribution in [3.63, 3.8) is 0 Å². The van der Waals surface area contributed by atoms with Gasteiger partial charge < -0.3 is 66.5 Å². The van der Waals surface area contributed by atoms with Crippen LogP contribution in [-0.4, -0.2) is 197 Å². The smallest absolute Gasteiger partial charge is 0.426 e. The second kappa shape index (κ2) is 41.8. The molecule has 0 aromatic heterocycles. The van der Waals surface area contributed by atoms with Crippen LogP contribution in [-0.2, 0) is 87.4 Å². The van der Waals surface area contributed by atoms with E-state index < -0.39 is 206 Å². The third kappa shape index (κ3) is 28.7. The third-order valence-electron chi connectivity index (χ3n) is 20.2. The van der Waals surface area contributed by atoms with Crippen molar-refractivity contribution in [1.82, 2.24) is 0 Å². The normalized spacial score (nSPS) is 12.9. The number of phenols is 2. The van der Waals surface area contributed by atoms with E-state index in [4.69, 9.17) is 28.4 Å². The number of carbonyl (C=O) groups excluding carboxylic acids is 9. The van der Waals surface area contributed by atoms with Crippen molar-refractivity contribution in [2.45, 2.75) is 175 Å². The van der Waals surface area contributed by atoms with Gasteiger partial charge >= 0.3 is 72.3 Å². The van der Waals surface area contributed by atoms with E-state index in [-0.39, 0.29) is 50.9 Å². The van der Waals surface area contributed by atoms with E-state index in [2.05, 4.69) is 14.2 Å². The number of aryl methyl sites for hydroxylation is 12. The largest absolute Gasteiger partial charge is 0.748 e. The highest BCUT2D eigenvalue weighted by molar-refractivity contribution is 7.86. The standard InChI is InChI=1S/C29H35F3O9S.C28H33F3O9S.C26H29F3O11S/c1-8-28(27(35)41-22(29(30,31)32)13-42(36,37)38,14-39-25(33)23-18(4)11-9-16(2)20(23)6)15-40-26(34)24-19(5)12-10-17(3)21(24)7;1-15-8-10-17(3)22(19(15)5)24(32)38-13-27(7,26(34)40-21(28(29,30)31)12-41(35,36)37)14-39-25(33)23-18(4)11-9-16(2)20(23)6;1-13-6-8-15(3)20(30)18(13)22(32)38-11-25(5,24(34)40-17(26(27,28)29)10-41(35,36)37)12-39-23(33)19-14(2)7-9-16(4)21(19)31/h9-12,22H,8,13-15H2,1-7H3,(H,36,37,38);8-11,21H,12-14H2,1-7H3,(H,35,36,37);6-9,17,30-31H,10-12H2,1-5H3,(H,35,36,37)/p-3. The molecule has 6 aromatic rings. The molecule has 3 unspecified atom stereocenters. The summed E-state index contributed by atoms with van der Waals surface area (Å²) in [6.45, 7) is 23.8. The zero-order valence-electron chi connectivity index (χ0n) is 70.8. The van der Waals surface area contributed by atoms with Crippen molar-refractivity contribution in [3.05, 3.63) is 195 Å². The first kappa shape index (κ1) is 106. The number of rotatable bonds is 31. The fraction of sp³-hybridized carbons (Fsp3) is 0.458. The summed E-state index contributed by atoms with van der Waals surface area (Å²) in [5, 5.41) is 20.6. The second-order valence-electron chi connectivity index (χ2n) is 30.3. The van der Waals surface area contributed by atoms with Gasteiger partial charge in [0, 0.05) is 0 Å². The third-order valence-corrected chi connectivity index (χ3v) is 22.4. The lowest BCUT2D eigenvalue weighted by atomic mass is 9.86. The topological polar surface area (TPSA) is 449 Å². The molecule has 0 saturated carbocycles. The first-order chi connectivity index (χ1) is 56.6. The monoisotopic (exact) mass is 1820 g/mol. The Labute approximate surface area is 709 Å². The molecule has 0 aliphatic heterocycles. The van der Waals surface area contributed by atoms with Gasteiger partial charge in [-0.1, -0.05) is 79.7 Å². The van der Waals surface area contributed by atoms with Crippen molar-refractivity contribution in [2.24, 2.45) is 16.2 Å². The van der Waals surface area contributed by atoms with Crippen molar-refractivity contribution in [1.29, 1.82) is 0 Å². The minimum atomic E-state index is -5.52. The lowest BCUT2D eigenvalue weighted by Gasteiger charge is -2.32. The van der Waals surface area contributed by atoms with E-state index in [9.17, 15) is 132 Å². The molecule has 0 spiro atoms. The Morgan fingerprint density at radius 3 is 0.685 bits per heavy atom. The minimum Gasteiger partial charge on any atom is -0.748 e. The van der Waals surface area contributed by atoms with Gasteiger partial charge in [0.1, 0.15) is 78.5 Å². The van der Waals surface area contributed by atoms with Crippen LogP contribution in [0.3, 0.4) is 0 Å². The van der Waals surface area contributed by atoms with Crippen molar-refractivity contribution >= 4 is 84.1 Å². The summed E-state index contributed by atoms with van der Waals surface area (Å²) < 4.78 is 266. The molecule has 2 N–H and O–H groups in total. The molecule has 3 atom stereocenters. The molecular formula is C83H94F9O29S3-3. The lowest BCUT2D eigenvalue weighted by molar-refractivity contribution is -0.223. The summed E-state index contributed by atoms with van der Waals surface area (Å²) in [5.74, 6) is -18.3. The molecular weight excluding hydrogens is 1730 g/mol. The summed E-state index contributed by atoms with van der Waals surface area (Å²) in [5.41, 5.74) is 1.95. The Morgan fingerprint density at radius 1 is 0.306 bits per heavy atom. The lowest BCUT2D eigenvalue weighted by Crippen LogP contribution is -2.48. The molecule has 0 radical (unpaired) electrons. The van der Waals surface area contributed by atoms with Gasteiger partial charge in [-0.3, -0.25) is 14.4 Å². The summed E-state index contributed by atoms with van der Waals surface area (Å²) in [4.78, 5) is 117. The van der Waals surface area contributed by atoms with Crippen LogP contribution in [0.2, 0.25) is 0 Å². The van der Waals surface area contributed by atoms with E-state index in [1.165, 1.54) is 58.9 Å². The van der Waals surface area contributed by atoms with Gasteiger partial charge in [-0.15, -0.1) is 0 Å². The van der Waals surface area contributed by atoms with Crippen LogP contribution in [0, 0.1) is 127 Å². The fourth-order valence-corrected chi connectivity index (χ4v) is 13.6. The second-order valence-corrected chi connectivity index (χ2v) is 34.7. The van der Waals surface area contributed by atoms with Gasteiger partial charge in [0.05, 0.1) is 69.9 Å². The number of alkyl halides is 9. The average Bonchev–Trinajstić information content (AvgIpc) is 0.821. The molecule has 124 heavy (non-hydrogen) atoms. The molecule has 684 valence electrons. The van der Waals surface area contributed by atoms with Gasteiger partial charge in [-0.05, 0) is 220 Å². The maximum Gasteiger partial charge on any atom is 0.426 e. The Kier molecular flexibility index (Phi) is 35.6. The molecule has 0 aliphatic rings. The van der Waals surface area contributed by atoms with Crippen LogP contribution in [0.4, 0.5) is 39.5 Å². The highest BCUT2D eigenvalue weighted by atomic mass is 32.2. The summed E-state index contributed by atoms with van der Waals surface area (Å²) in [7, 11) is -16.5. The summed E-state index contributed by atoms with van der Waals surface area (Å²) in [6.07, 6.45) is -26.6. The van der Waals surface area contributed by atoms with Gasteiger partial charge in [0.25, 0.3) is 0 Å². The molecule has 0 saturated heterocycles. The van der Waals surface area contributed by atoms with E-state index >= 15 is 0 Å². The highest BCUT2D eigenvalue weighted by Gasteiger charge is 2.52. The van der Waals surface area contributed by atoms with Crippen LogP contribution in [0.5, 0.6) is 11.5 Å². The number of carbonyl (C=O) groups is 9. The maximum atomic E-state index is 13.6. The summed E-state index contributed by atoms with van der Waals surface area (Å²) >= 11 is 0. The maximum absolute atomic E-state index is 13.6. The minimum absolute atomic E-state index is 0.175.